The molecule has 1 aliphatic rings. The molecule has 1 atom stereocenters. The highest BCUT2D eigenvalue weighted by Gasteiger charge is 2.28. The number of hydrogen-bond donors (Lipinski definition) is 2. The lowest BCUT2D eigenvalue weighted by molar-refractivity contribution is -0.143. The van der Waals surface area contributed by atoms with Gasteiger partial charge in [0.2, 0.25) is 11.9 Å². The zero-order valence-electron chi connectivity index (χ0n) is 9.00. The molecule has 0 aromatic heterocycles. The number of carboxylic acid groups (broad SMARTS) is 1. The number of carboxylic acids is 1. The van der Waals surface area contributed by atoms with Crippen LogP contribution in [-0.2, 0) is 9.59 Å². The van der Waals surface area contributed by atoms with E-state index in [2.05, 4.69) is 15.3 Å². The standard InChI is InChI=1S/C11H8ClN3O3/c12-6-1-3-7(4-2-6)14-11-13-5-8(10(17)18)9(16)15-11/h1-5,8H,(H,17,18)(H,14,15,16). The summed E-state index contributed by atoms with van der Waals surface area (Å²) in [6, 6.07) is 6.60. The van der Waals surface area contributed by atoms with Crippen LogP contribution in [0.5, 0.6) is 0 Å². The topological polar surface area (TPSA) is 91.1 Å². The van der Waals surface area contributed by atoms with Crippen LogP contribution in [-0.4, -0.2) is 29.2 Å². The normalized spacial score (nSPS) is 20.8. The van der Waals surface area contributed by atoms with Gasteiger partial charge in [-0.15, -0.1) is 0 Å². The third kappa shape index (κ3) is 2.72. The highest BCUT2D eigenvalue weighted by Crippen LogP contribution is 2.16. The predicted molar refractivity (Wildman–Crippen MR) is 66.3 cm³/mol. The van der Waals surface area contributed by atoms with Gasteiger partial charge in [0.15, 0.2) is 5.92 Å². The maximum atomic E-state index is 11.4. The molecule has 2 N–H and O–H groups in total. The van der Waals surface area contributed by atoms with Crippen LogP contribution >= 0.6 is 11.6 Å². The third-order valence-electron chi connectivity index (χ3n) is 2.19. The number of halogens is 1. The fraction of sp³-hybridized carbons (Fsp3) is 0.0909. The molecular formula is C11H8ClN3O3. The summed E-state index contributed by atoms with van der Waals surface area (Å²) in [5.74, 6) is -3.12. The van der Waals surface area contributed by atoms with Crippen LogP contribution in [0.15, 0.2) is 34.3 Å². The lowest BCUT2D eigenvalue weighted by Crippen LogP contribution is -2.43. The van der Waals surface area contributed by atoms with Crippen LogP contribution in [0, 0.1) is 5.92 Å². The Labute approximate surface area is 107 Å². The van der Waals surface area contributed by atoms with Gasteiger partial charge in [0.05, 0.1) is 5.69 Å². The van der Waals surface area contributed by atoms with E-state index in [4.69, 9.17) is 16.7 Å². The van der Waals surface area contributed by atoms with E-state index < -0.39 is 17.8 Å². The average molecular weight is 266 g/mol. The fourth-order valence-electron chi connectivity index (χ4n) is 1.30. The van der Waals surface area contributed by atoms with Gasteiger partial charge >= 0.3 is 5.97 Å². The van der Waals surface area contributed by atoms with Crippen molar-refractivity contribution in [3.05, 3.63) is 29.3 Å². The molecule has 18 heavy (non-hydrogen) atoms. The van der Waals surface area contributed by atoms with Crippen molar-refractivity contribution in [2.45, 2.75) is 0 Å². The number of rotatable bonds is 2. The second-order valence-electron chi connectivity index (χ2n) is 3.50. The Morgan fingerprint density at radius 3 is 2.61 bits per heavy atom. The number of aliphatic carboxylic acids is 1. The molecule has 1 aromatic rings. The van der Waals surface area contributed by atoms with E-state index in [-0.39, 0.29) is 5.96 Å². The van der Waals surface area contributed by atoms with Crippen molar-refractivity contribution in [3.63, 3.8) is 0 Å². The molecule has 1 aliphatic heterocycles. The molecule has 0 aliphatic carbocycles. The van der Waals surface area contributed by atoms with Crippen molar-refractivity contribution < 1.29 is 14.7 Å². The fourth-order valence-corrected chi connectivity index (χ4v) is 1.43. The van der Waals surface area contributed by atoms with E-state index in [1.165, 1.54) is 0 Å². The summed E-state index contributed by atoms with van der Waals surface area (Å²) in [5, 5.41) is 11.6. The molecule has 0 bridgehead atoms. The van der Waals surface area contributed by atoms with Crippen LogP contribution in [0.4, 0.5) is 5.69 Å². The number of carbonyl (C=O) groups is 2. The molecule has 7 heteroatoms. The second kappa shape index (κ2) is 4.97. The van der Waals surface area contributed by atoms with E-state index in [1.54, 1.807) is 24.3 Å². The molecule has 1 amide bonds. The van der Waals surface area contributed by atoms with Crippen molar-refractivity contribution in [3.8, 4) is 0 Å². The Hall–Kier alpha value is -2.21. The van der Waals surface area contributed by atoms with Crippen molar-refractivity contribution in [1.82, 2.24) is 5.32 Å². The first-order valence-corrected chi connectivity index (χ1v) is 5.36. The Balaban J connectivity index is 2.21. The molecule has 0 radical (unpaired) electrons. The number of guanidine groups is 1. The quantitative estimate of drug-likeness (QED) is 0.788. The van der Waals surface area contributed by atoms with E-state index in [9.17, 15) is 9.59 Å². The minimum atomic E-state index is -1.27. The molecule has 2 rings (SSSR count). The number of aliphatic imine (C=N–C) groups is 2. The highest BCUT2D eigenvalue weighted by molar-refractivity contribution is 6.30. The lowest BCUT2D eigenvalue weighted by atomic mass is 10.1. The Morgan fingerprint density at radius 1 is 1.39 bits per heavy atom. The minimum absolute atomic E-state index is 0.0554. The summed E-state index contributed by atoms with van der Waals surface area (Å²) in [7, 11) is 0. The number of amides is 1. The molecule has 1 aromatic carbocycles. The van der Waals surface area contributed by atoms with Crippen LogP contribution in [0.2, 0.25) is 5.02 Å². The summed E-state index contributed by atoms with van der Waals surface area (Å²) >= 11 is 5.72. The first kappa shape index (κ1) is 12.3. The van der Waals surface area contributed by atoms with Crippen LogP contribution in [0.3, 0.4) is 0 Å². The minimum Gasteiger partial charge on any atom is -0.480 e. The molecule has 92 valence electrons. The zero-order valence-corrected chi connectivity index (χ0v) is 9.76. The van der Waals surface area contributed by atoms with Gasteiger partial charge in [-0.3, -0.25) is 14.9 Å². The number of benzene rings is 1. The van der Waals surface area contributed by atoms with Crippen molar-refractivity contribution in [1.29, 1.82) is 0 Å². The first-order chi connectivity index (χ1) is 8.56. The van der Waals surface area contributed by atoms with Gasteiger partial charge in [0.1, 0.15) is 0 Å². The molecule has 6 nitrogen and oxygen atoms in total. The van der Waals surface area contributed by atoms with Crippen molar-refractivity contribution >= 4 is 41.3 Å². The molecular weight excluding hydrogens is 258 g/mol. The molecule has 1 heterocycles. The summed E-state index contributed by atoms with van der Waals surface area (Å²) in [4.78, 5) is 29.9. The SMILES string of the molecule is O=C(O)C1C=NC(=Nc2ccc(Cl)cc2)NC1=O. The van der Waals surface area contributed by atoms with E-state index in [0.29, 0.717) is 10.7 Å². The molecule has 0 fully saturated rings. The van der Waals surface area contributed by atoms with Crippen LogP contribution in [0.25, 0.3) is 0 Å². The molecule has 0 saturated heterocycles. The number of nitrogens with zero attached hydrogens (tertiary/aromatic N) is 2. The smallest absolute Gasteiger partial charge is 0.321 e. The van der Waals surface area contributed by atoms with Gasteiger partial charge in [-0.2, -0.15) is 0 Å². The largest absolute Gasteiger partial charge is 0.480 e. The summed E-state index contributed by atoms with van der Waals surface area (Å²) in [6.45, 7) is 0. The maximum absolute atomic E-state index is 11.4. The van der Waals surface area contributed by atoms with E-state index in [1.807, 2.05) is 0 Å². The lowest BCUT2D eigenvalue weighted by Gasteiger charge is -2.13. The van der Waals surface area contributed by atoms with Gasteiger partial charge in [-0.05, 0) is 24.3 Å². The van der Waals surface area contributed by atoms with E-state index in [0.717, 1.165) is 6.21 Å². The summed E-state index contributed by atoms with van der Waals surface area (Å²) < 4.78 is 0. The van der Waals surface area contributed by atoms with Crippen molar-refractivity contribution in [2.75, 3.05) is 0 Å². The molecule has 0 spiro atoms. The monoisotopic (exact) mass is 265 g/mol. The van der Waals surface area contributed by atoms with Gasteiger partial charge in [0.25, 0.3) is 0 Å². The Morgan fingerprint density at radius 2 is 2.06 bits per heavy atom. The molecule has 1 unspecified atom stereocenters. The predicted octanol–water partition coefficient (Wildman–Crippen LogP) is 1.23. The van der Waals surface area contributed by atoms with Gasteiger partial charge < -0.3 is 5.11 Å². The first-order valence-electron chi connectivity index (χ1n) is 4.98. The van der Waals surface area contributed by atoms with Gasteiger partial charge in [-0.1, -0.05) is 11.6 Å². The Kier molecular flexibility index (Phi) is 3.38. The molecule has 0 saturated carbocycles. The highest BCUT2D eigenvalue weighted by atomic mass is 35.5. The second-order valence-corrected chi connectivity index (χ2v) is 3.93. The van der Waals surface area contributed by atoms with Crippen LogP contribution < -0.4 is 5.32 Å². The number of carbonyl (C=O) groups excluding carboxylic acids is 1. The zero-order chi connectivity index (χ0) is 13.1. The Bertz CT molecular complexity index is 551. The van der Waals surface area contributed by atoms with Crippen molar-refractivity contribution in [2.24, 2.45) is 15.9 Å². The van der Waals surface area contributed by atoms with Gasteiger partial charge in [-0.25, -0.2) is 9.98 Å². The summed E-state index contributed by atoms with van der Waals surface area (Å²) in [6.07, 6.45) is 1.05. The summed E-state index contributed by atoms with van der Waals surface area (Å²) in [5.41, 5.74) is 0.556. The maximum Gasteiger partial charge on any atom is 0.321 e. The number of hydrogen-bond acceptors (Lipinski definition) is 3. The third-order valence-corrected chi connectivity index (χ3v) is 2.44. The van der Waals surface area contributed by atoms with Gasteiger partial charge in [0, 0.05) is 11.2 Å². The van der Waals surface area contributed by atoms with E-state index >= 15 is 0 Å². The number of nitrogens with one attached hydrogen (secondary N) is 1. The average Bonchev–Trinajstić information content (AvgIpc) is 2.32. The van der Waals surface area contributed by atoms with Crippen LogP contribution in [0.1, 0.15) is 0 Å².